The maximum absolute atomic E-state index is 13.3. The van der Waals surface area contributed by atoms with E-state index in [4.69, 9.17) is 0 Å². The molecule has 2 saturated heterocycles. The van der Waals surface area contributed by atoms with Crippen molar-refractivity contribution >= 4 is 40.5 Å². The maximum atomic E-state index is 13.3. The Morgan fingerprint density at radius 3 is 1.70 bits per heavy atom. The first-order valence-electron chi connectivity index (χ1n) is 11.2. The maximum Gasteiger partial charge on any atom is 0.264 e. The van der Waals surface area contributed by atoms with Crippen LogP contribution in [0, 0.1) is 6.92 Å². The lowest BCUT2D eigenvalue weighted by Gasteiger charge is -2.25. The van der Waals surface area contributed by atoms with Crippen LogP contribution in [0.3, 0.4) is 0 Å². The van der Waals surface area contributed by atoms with Crippen LogP contribution < -0.4 is 4.31 Å². The number of hydrogen-bond donors (Lipinski definition) is 1. The highest BCUT2D eigenvalue weighted by Gasteiger charge is 2.25. The van der Waals surface area contributed by atoms with Gasteiger partial charge >= 0.3 is 0 Å². The van der Waals surface area contributed by atoms with Gasteiger partial charge in [0.25, 0.3) is 10.0 Å². The summed E-state index contributed by atoms with van der Waals surface area (Å²) in [6.07, 6.45) is 4.68. The first kappa shape index (κ1) is 27.7. The molecule has 6 nitrogen and oxygen atoms in total. The number of halogens is 2. The predicted octanol–water partition coefficient (Wildman–Crippen LogP) is 4.56. The summed E-state index contributed by atoms with van der Waals surface area (Å²) in [5.41, 5.74) is 3.23. The van der Waals surface area contributed by atoms with Crippen molar-refractivity contribution in [2.24, 2.45) is 0 Å². The largest absolute Gasteiger partial charge is 0.507 e. The highest BCUT2D eigenvalue weighted by molar-refractivity contribution is 7.92. The SMILES string of the molecule is Cc1ccc(S(=O)(=O)N(C)c2cc(CN3CCCC3)c(O)c(CN3CCCC3)c2)cc1.Cl.Cl. The molecule has 0 unspecified atom stereocenters. The van der Waals surface area contributed by atoms with Gasteiger partial charge in [-0.15, -0.1) is 24.8 Å². The van der Waals surface area contributed by atoms with Crippen LogP contribution in [-0.4, -0.2) is 56.6 Å². The minimum atomic E-state index is -3.69. The molecule has 33 heavy (non-hydrogen) atoms. The van der Waals surface area contributed by atoms with Crippen LogP contribution in [0.2, 0.25) is 0 Å². The molecule has 184 valence electrons. The van der Waals surface area contributed by atoms with Crippen molar-refractivity contribution in [3.8, 4) is 5.75 Å². The molecule has 0 aliphatic carbocycles. The Morgan fingerprint density at radius 2 is 1.27 bits per heavy atom. The van der Waals surface area contributed by atoms with Gasteiger partial charge in [-0.3, -0.25) is 14.1 Å². The second-order valence-corrected chi connectivity index (χ2v) is 10.8. The van der Waals surface area contributed by atoms with Crippen molar-refractivity contribution in [2.75, 3.05) is 37.5 Å². The van der Waals surface area contributed by atoms with Crippen molar-refractivity contribution in [1.82, 2.24) is 9.80 Å². The summed E-state index contributed by atoms with van der Waals surface area (Å²) in [5.74, 6) is 0.309. The number of aromatic hydroxyl groups is 1. The molecular weight excluding hydrogens is 481 g/mol. The second kappa shape index (κ2) is 11.8. The summed E-state index contributed by atoms with van der Waals surface area (Å²) in [6, 6.07) is 10.6. The lowest BCUT2D eigenvalue weighted by Crippen LogP contribution is -2.27. The zero-order chi connectivity index (χ0) is 22.0. The molecule has 2 heterocycles. The first-order chi connectivity index (χ1) is 14.8. The number of phenols is 1. The van der Waals surface area contributed by atoms with Crippen molar-refractivity contribution in [2.45, 2.75) is 50.6 Å². The van der Waals surface area contributed by atoms with Crippen molar-refractivity contribution < 1.29 is 13.5 Å². The standard InChI is InChI=1S/C24H33N3O3S.2ClH/c1-19-7-9-23(10-8-19)31(29,30)25(2)22-15-20(17-26-11-3-4-12-26)24(28)21(16-22)18-27-13-5-6-14-27;;/h7-10,15-16,28H,3-6,11-14,17-18H2,1-2H3;2*1H. The van der Waals surface area contributed by atoms with Gasteiger partial charge in [-0.05, 0) is 83.1 Å². The van der Waals surface area contributed by atoms with Crippen molar-refractivity contribution in [3.63, 3.8) is 0 Å². The van der Waals surface area contributed by atoms with Gasteiger partial charge in [0.2, 0.25) is 0 Å². The molecule has 0 radical (unpaired) electrons. The van der Waals surface area contributed by atoms with Gasteiger partial charge in [0.1, 0.15) is 5.75 Å². The van der Waals surface area contributed by atoms with E-state index in [0.29, 0.717) is 24.5 Å². The topological polar surface area (TPSA) is 64.1 Å². The molecule has 0 bridgehead atoms. The van der Waals surface area contributed by atoms with Crippen LogP contribution in [0.1, 0.15) is 42.4 Å². The number of sulfonamides is 1. The van der Waals surface area contributed by atoms with Gasteiger partial charge in [0, 0.05) is 31.3 Å². The highest BCUT2D eigenvalue weighted by Crippen LogP contribution is 2.34. The molecular formula is C24H35Cl2N3O3S. The third-order valence-electron chi connectivity index (χ3n) is 6.48. The molecule has 2 fully saturated rings. The molecule has 0 aromatic heterocycles. The van der Waals surface area contributed by atoms with Gasteiger partial charge in [-0.25, -0.2) is 8.42 Å². The van der Waals surface area contributed by atoms with Gasteiger partial charge < -0.3 is 5.11 Å². The molecule has 1 N–H and O–H groups in total. The number of likely N-dealkylation sites (tertiary alicyclic amines) is 2. The second-order valence-electron chi connectivity index (χ2n) is 8.86. The van der Waals surface area contributed by atoms with Gasteiger partial charge in [0.05, 0.1) is 10.6 Å². The number of benzene rings is 2. The minimum absolute atomic E-state index is 0. The van der Waals surface area contributed by atoms with Crippen molar-refractivity contribution in [1.29, 1.82) is 0 Å². The number of phenolic OH excluding ortho intramolecular Hbond substituents is 1. The Labute approximate surface area is 210 Å². The van der Waals surface area contributed by atoms with Gasteiger partial charge in [0.15, 0.2) is 0 Å². The van der Waals surface area contributed by atoms with E-state index >= 15 is 0 Å². The Bertz CT molecular complexity index is 981. The molecule has 0 amide bonds. The molecule has 0 spiro atoms. The van der Waals surface area contributed by atoms with E-state index < -0.39 is 10.0 Å². The van der Waals surface area contributed by atoms with E-state index in [9.17, 15) is 13.5 Å². The lowest BCUT2D eigenvalue weighted by molar-refractivity contribution is 0.312. The van der Waals surface area contributed by atoms with E-state index in [1.54, 1.807) is 19.2 Å². The fraction of sp³-hybridized carbons (Fsp3) is 0.500. The molecule has 2 aromatic carbocycles. The van der Waals surface area contributed by atoms with Crippen LogP contribution >= 0.6 is 24.8 Å². The van der Waals surface area contributed by atoms with E-state index in [1.807, 2.05) is 31.2 Å². The summed E-state index contributed by atoms with van der Waals surface area (Å²) in [4.78, 5) is 4.93. The third kappa shape index (κ3) is 6.34. The van der Waals surface area contributed by atoms with E-state index in [1.165, 1.54) is 30.0 Å². The molecule has 2 aliphatic heterocycles. The number of rotatable bonds is 7. The zero-order valence-electron chi connectivity index (χ0n) is 19.4. The Kier molecular flexibility index (Phi) is 9.88. The molecule has 4 rings (SSSR count). The van der Waals surface area contributed by atoms with Crippen LogP contribution in [-0.2, 0) is 23.1 Å². The summed E-state index contributed by atoms with van der Waals surface area (Å²) < 4.78 is 27.9. The smallest absolute Gasteiger partial charge is 0.264 e. The van der Waals surface area contributed by atoms with E-state index in [2.05, 4.69) is 9.80 Å². The summed E-state index contributed by atoms with van der Waals surface area (Å²) in [7, 11) is -2.09. The molecule has 2 aromatic rings. The molecule has 0 atom stereocenters. The van der Waals surface area contributed by atoms with Crippen LogP contribution in [0.25, 0.3) is 0 Å². The number of nitrogens with zero attached hydrogens (tertiary/aromatic N) is 3. The average molecular weight is 517 g/mol. The molecule has 9 heteroatoms. The summed E-state index contributed by atoms with van der Waals surface area (Å²) >= 11 is 0. The van der Waals surface area contributed by atoms with Crippen LogP contribution in [0.4, 0.5) is 5.69 Å². The summed E-state index contributed by atoms with van der Waals surface area (Å²) in [5, 5.41) is 11.0. The highest BCUT2D eigenvalue weighted by atomic mass is 35.5. The van der Waals surface area contributed by atoms with Crippen LogP contribution in [0.15, 0.2) is 41.3 Å². The minimum Gasteiger partial charge on any atom is -0.507 e. The fourth-order valence-electron chi connectivity index (χ4n) is 4.53. The summed E-state index contributed by atoms with van der Waals surface area (Å²) in [6.45, 7) is 7.29. The fourth-order valence-corrected chi connectivity index (χ4v) is 5.71. The van der Waals surface area contributed by atoms with Crippen LogP contribution in [0.5, 0.6) is 5.75 Å². The first-order valence-corrected chi connectivity index (χ1v) is 12.6. The number of aryl methyl sites for hydroxylation is 1. The quantitative estimate of drug-likeness (QED) is 0.585. The average Bonchev–Trinajstić information content (AvgIpc) is 3.45. The monoisotopic (exact) mass is 515 g/mol. The third-order valence-corrected chi connectivity index (χ3v) is 8.28. The van der Waals surface area contributed by atoms with Gasteiger partial charge in [-0.1, -0.05) is 17.7 Å². The lowest BCUT2D eigenvalue weighted by atomic mass is 10.1. The Hall–Kier alpha value is -1.51. The van der Waals surface area contributed by atoms with E-state index in [-0.39, 0.29) is 29.7 Å². The molecule has 2 aliphatic rings. The molecule has 0 saturated carbocycles. The Morgan fingerprint density at radius 1 is 0.848 bits per heavy atom. The normalized spacial score (nSPS) is 16.9. The van der Waals surface area contributed by atoms with E-state index in [0.717, 1.165) is 42.9 Å². The zero-order valence-corrected chi connectivity index (χ0v) is 21.8. The number of hydrogen-bond acceptors (Lipinski definition) is 5. The van der Waals surface area contributed by atoms with Gasteiger partial charge in [-0.2, -0.15) is 0 Å². The Balaban J connectivity index is 0.00000193. The van der Waals surface area contributed by atoms with Crippen molar-refractivity contribution in [3.05, 3.63) is 53.1 Å². The predicted molar refractivity (Wildman–Crippen MR) is 138 cm³/mol. The number of anilines is 1.